The molecular formula is C10H10N4S. The van der Waals surface area contributed by atoms with E-state index in [9.17, 15) is 0 Å². The fraction of sp³-hybridized carbons (Fsp3) is 0. The number of H-pyrrole nitrogens is 1. The number of para-hydroxylation sites is 1. The Morgan fingerprint density at radius 3 is 3.07 bits per heavy atom. The third-order valence-corrected chi connectivity index (χ3v) is 2.09. The molecule has 0 aliphatic carbocycles. The average Bonchev–Trinajstić information content (AvgIpc) is 2.62. The number of aromatic amines is 1. The van der Waals surface area contributed by atoms with E-state index < -0.39 is 0 Å². The van der Waals surface area contributed by atoms with Crippen LogP contribution in [0.15, 0.2) is 35.6 Å². The molecule has 15 heavy (non-hydrogen) atoms. The second kappa shape index (κ2) is 4.10. The molecule has 1 aromatic carbocycles. The fourth-order valence-electron chi connectivity index (χ4n) is 1.37. The highest BCUT2D eigenvalue weighted by Gasteiger charge is 1.98. The molecule has 0 spiro atoms. The average molecular weight is 218 g/mol. The van der Waals surface area contributed by atoms with Crippen LogP contribution in [0, 0.1) is 0 Å². The summed E-state index contributed by atoms with van der Waals surface area (Å²) >= 11 is 4.63. The molecule has 0 amide bonds. The number of hydrogen-bond acceptors (Lipinski definition) is 2. The number of nitrogens with two attached hydrogens (primary N) is 1. The Balaban J connectivity index is 2.28. The minimum absolute atomic E-state index is 0.158. The third kappa shape index (κ3) is 2.13. The fourth-order valence-corrected chi connectivity index (χ4v) is 1.42. The maximum absolute atomic E-state index is 5.24. The molecule has 2 aromatic rings. The molecule has 0 saturated heterocycles. The molecule has 0 radical (unpaired) electrons. The number of fused-ring (bicyclic) bond motifs is 1. The molecule has 0 fully saturated rings. The zero-order valence-electron chi connectivity index (χ0n) is 7.90. The van der Waals surface area contributed by atoms with E-state index in [2.05, 4.69) is 27.7 Å². The summed E-state index contributed by atoms with van der Waals surface area (Å²) in [7, 11) is 0. The zero-order chi connectivity index (χ0) is 10.7. The van der Waals surface area contributed by atoms with E-state index in [1.165, 1.54) is 0 Å². The predicted octanol–water partition coefficient (Wildman–Crippen LogP) is 1.33. The molecule has 0 saturated carbocycles. The first-order valence-corrected chi connectivity index (χ1v) is 4.83. The van der Waals surface area contributed by atoms with Gasteiger partial charge in [0, 0.05) is 22.7 Å². The zero-order valence-corrected chi connectivity index (χ0v) is 8.71. The van der Waals surface area contributed by atoms with Crippen molar-refractivity contribution in [1.82, 2.24) is 10.4 Å². The number of nitrogens with one attached hydrogen (secondary N) is 2. The van der Waals surface area contributed by atoms with Crippen LogP contribution in [-0.4, -0.2) is 16.3 Å². The van der Waals surface area contributed by atoms with E-state index in [0.717, 1.165) is 16.5 Å². The van der Waals surface area contributed by atoms with Gasteiger partial charge in [0.15, 0.2) is 5.11 Å². The van der Waals surface area contributed by atoms with Crippen LogP contribution in [0.1, 0.15) is 5.56 Å². The molecule has 76 valence electrons. The Bertz CT molecular complexity index is 515. The Hall–Kier alpha value is -1.88. The van der Waals surface area contributed by atoms with Gasteiger partial charge in [-0.3, -0.25) is 5.43 Å². The molecule has 1 aromatic heterocycles. The van der Waals surface area contributed by atoms with Gasteiger partial charge in [-0.15, -0.1) is 0 Å². The molecule has 4 N–H and O–H groups in total. The van der Waals surface area contributed by atoms with Crippen molar-refractivity contribution in [3.8, 4) is 0 Å². The first-order chi connectivity index (χ1) is 7.27. The predicted molar refractivity (Wildman–Crippen MR) is 65.8 cm³/mol. The Labute approximate surface area is 92.2 Å². The van der Waals surface area contributed by atoms with E-state index >= 15 is 0 Å². The number of hydrogen-bond donors (Lipinski definition) is 3. The standard InChI is InChI=1S/C10H10N4S/c11-10(15)14-13-6-7-5-12-9-4-2-1-3-8(7)9/h1-6,12H,(H3,11,14,15)/b13-6+. The quantitative estimate of drug-likeness (QED) is 0.405. The summed E-state index contributed by atoms with van der Waals surface area (Å²) in [5.74, 6) is 0. The largest absolute Gasteiger partial charge is 0.375 e. The summed E-state index contributed by atoms with van der Waals surface area (Å²) in [6.45, 7) is 0. The minimum atomic E-state index is 0.158. The van der Waals surface area contributed by atoms with Crippen molar-refractivity contribution in [2.75, 3.05) is 0 Å². The number of rotatable bonds is 2. The smallest absolute Gasteiger partial charge is 0.184 e. The molecule has 4 nitrogen and oxygen atoms in total. The molecular weight excluding hydrogens is 208 g/mol. The maximum atomic E-state index is 5.24. The van der Waals surface area contributed by atoms with Gasteiger partial charge in [0.1, 0.15) is 0 Å². The van der Waals surface area contributed by atoms with Crippen molar-refractivity contribution in [1.29, 1.82) is 0 Å². The molecule has 0 aliphatic heterocycles. The topological polar surface area (TPSA) is 66.2 Å². The van der Waals surface area contributed by atoms with Crippen LogP contribution < -0.4 is 11.2 Å². The van der Waals surface area contributed by atoms with Crippen molar-refractivity contribution in [3.63, 3.8) is 0 Å². The van der Waals surface area contributed by atoms with Crippen molar-refractivity contribution in [2.45, 2.75) is 0 Å². The molecule has 0 bridgehead atoms. The summed E-state index contributed by atoms with van der Waals surface area (Å²) in [6.07, 6.45) is 3.56. The van der Waals surface area contributed by atoms with Crippen LogP contribution in [0.2, 0.25) is 0 Å². The van der Waals surface area contributed by atoms with Gasteiger partial charge in [-0.2, -0.15) is 5.10 Å². The number of aromatic nitrogens is 1. The molecule has 0 unspecified atom stereocenters. The summed E-state index contributed by atoms with van der Waals surface area (Å²) in [5, 5.41) is 5.18. The number of hydrazone groups is 1. The van der Waals surface area contributed by atoms with Crippen LogP contribution in [0.3, 0.4) is 0 Å². The van der Waals surface area contributed by atoms with Crippen LogP contribution in [0.5, 0.6) is 0 Å². The van der Waals surface area contributed by atoms with Crippen LogP contribution in [-0.2, 0) is 0 Å². The van der Waals surface area contributed by atoms with Crippen molar-refractivity contribution < 1.29 is 0 Å². The minimum Gasteiger partial charge on any atom is -0.375 e. The summed E-state index contributed by atoms with van der Waals surface area (Å²) in [5.41, 5.74) is 9.83. The van der Waals surface area contributed by atoms with Crippen LogP contribution >= 0.6 is 12.2 Å². The Morgan fingerprint density at radius 2 is 2.27 bits per heavy atom. The SMILES string of the molecule is NC(=S)N/N=C/c1c[nH]c2ccccc12. The summed E-state index contributed by atoms with van der Waals surface area (Å²) in [4.78, 5) is 3.14. The molecule has 0 aliphatic rings. The second-order valence-electron chi connectivity index (χ2n) is 3.02. The van der Waals surface area contributed by atoms with Gasteiger partial charge >= 0.3 is 0 Å². The lowest BCUT2D eigenvalue weighted by molar-refractivity contribution is 1.04. The monoisotopic (exact) mass is 218 g/mol. The van der Waals surface area contributed by atoms with Crippen molar-refractivity contribution >= 4 is 34.4 Å². The highest BCUT2D eigenvalue weighted by atomic mass is 32.1. The number of thiocarbonyl (C=S) groups is 1. The Kier molecular flexibility index (Phi) is 2.64. The van der Waals surface area contributed by atoms with Gasteiger partial charge in [-0.25, -0.2) is 0 Å². The molecule has 0 atom stereocenters. The highest BCUT2D eigenvalue weighted by molar-refractivity contribution is 7.80. The molecule has 1 heterocycles. The second-order valence-corrected chi connectivity index (χ2v) is 3.46. The summed E-state index contributed by atoms with van der Waals surface area (Å²) in [6, 6.07) is 7.99. The third-order valence-electron chi connectivity index (χ3n) is 2.00. The van der Waals surface area contributed by atoms with Gasteiger partial charge in [0.05, 0.1) is 6.21 Å². The molecule has 2 rings (SSSR count). The lowest BCUT2D eigenvalue weighted by Crippen LogP contribution is -2.23. The Morgan fingerprint density at radius 1 is 1.47 bits per heavy atom. The summed E-state index contributed by atoms with van der Waals surface area (Å²) < 4.78 is 0. The van der Waals surface area contributed by atoms with Crippen LogP contribution in [0.4, 0.5) is 0 Å². The van der Waals surface area contributed by atoms with Gasteiger partial charge < -0.3 is 10.7 Å². The normalized spacial score (nSPS) is 10.9. The van der Waals surface area contributed by atoms with E-state index in [-0.39, 0.29) is 5.11 Å². The lowest BCUT2D eigenvalue weighted by Gasteiger charge is -1.93. The highest BCUT2D eigenvalue weighted by Crippen LogP contribution is 2.15. The number of nitrogens with zero attached hydrogens (tertiary/aromatic N) is 1. The van der Waals surface area contributed by atoms with Gasteiger partial charge in [0.2, 0.25) is 0 Å². The van der Waals surface area contributed by atoms with Crippen LogP contribution in [0.25, 0.3) is 10.9 Å². The van der Waals surface area contributed by atoms with E-state index in [1.54, 1.807) is 6.21 Å². The van der Waals surface area contributed by atoms with E-state index in [0.29, 0.717) is 0 Å². The molecule has 5 heteroatoms. The van der Waals surface area contributed by atoms with Gasteiger partial charge in [-0.05, 0) is 18.3 Å². The van der Waals surface area contributed by atoms with Crippen molar-refractivity contribution in [2.24, 2.45) is 10.8 Å². The number of benzene rings is 1. The first kappa shape index (κ1) is 9.67. The van der Waals surface area contributed by atoms with Crippen molar-refractivity contribution in [3.05, 3.63) is 36.0 Å². The maximum Gasteiger partial charge on any atom is 0.184 e. The lowest BCUT2D eigenvalue weighted by atomic mass is 10.2. The van der Waals surface area contributed by atoms with Gasteiger partial charge in [-0.1, -0.05) is 18.2 Å². The van der Waals surface area contributed by atoms with Gasteiger partial charge in [0.25, 0.3) is 0 Å². The van der Waals surface area contributed by atoms with E-state index in [4.69, 9.17) is 5.73 Å². The van der Waals surface area contributed by atoms with E-state index in [1.807, 2.05) is 30.5 Å². The first-order valence-electron chi connectivity index (χ1n) is 4.42.